The van der Waals surface area contributed by atoms with Gasteiger partial charge >= 0.3 is 0 Å². The molecule has 2 aromatic rings. The van der Waals surface area contributed by atoms with Crippen molar-refractivity contribution < 1.29 is 9.13 Å². The Morgan fingerprint density at radius 1 is 1.18 bits per heavy atom. The van der Waals surface area contributed by atoms with Crippen molar-refractivity contribution in [2.45, 2.75) is 6.92 Å². The summed E-state index contributed by atoms with van der Waals surface area (Å²) in [5.41, 5.74) is 1.20. The zero-order valence-corrected chi connectivity index (χ0v) is 9.27. The molecule has 84 valence electrons. The second kappa shape index (κ2) is 4.67. The van der Waals surface area contributed by atoms with Crippen LogP contribution in [0.25, 0.3) is 0 Å². The van der Waals surface area contributed by atoms with E-state index in [-0.39, 0.29) is 5.56 Å². The van der Waals surface area contributed by atoms with Gasteiger partial charge in [-0.2, -0.15) is 5.26 Å². The van der Waals surface area contributed by atoms with Crippen molar-refractivity contribution in [1.82, 2.24) is 0 Å². The molecule has 2 nitrogen and oxygen atoms in total. The van der Waals surface area contributed by atoms with E-state index >= 15 is 0 Å². The molecule has 0 spiro atoms. The number of ether oxygens (including phenoxy) is 1. The minimum absolute atomic E-state index is 0.244. The van der Waals surface area contributed by atoms with Crippen LogP contribution in [0.5, 0.6) is 11.5 Å². The average Bonchev–Trinajstić information content (AvgIpc) is 2.31. The molecule has 0 aliphatic rings. The van der Waals surface area contributed by atoms with E-state index in [4.69, 9.17) is 10.00 Å². The maximum atomic E-state index is 13.2. The summed E-state index contributed by atoms with van der Waals surface area (Å²) in [6.07, 6.45) is 0. The van der Waals surface area contributed by atoms with Gasteiger partial charge in [-0.15, -0.1) is 0 Å². The van der Waals surface area contributed by atoms with Crippen LogP contribution in [0, 0.1) is 24.1 Å². The summed E-state index contributed by atoms with van der Waals surface area (Å²) in [6.45, 7) is 1.90. The molecule has 0 aliphatic heterocycles. The summed E-state index contributed by atoms with van der Waals surface area (Å²) < 4.78 is 18.7. The maximum Gasteiger partial charge on any atom is 0.131 e. The summed E-state index contributed by atoms with van der Waals surface area (Å²) >= 11 is 0. The standard InChI is InChI=1S/C14H10FNO/c1-10-4-2-3-5-14(10)17-13-7-11(9-16)6-12(15)8-13/h2-8H,1H3. The fourth-order valence-electron chi connectivity index (χ4n) is 1.48. The van der Waals surface area contributed by atoms with Gasteiger partial charge in [0, 0.05) is 6.07 Å². The van der Waals surface area contributed by atoms with E-state index in [2.05, 4.69) is 0 Å². The second-order valence-electron chi connectivity index (χ2n) is 3.65. The van der Waals surface area contributed by atoms with Gasteiger partial charge in [0.2, 0.25) is 0 Å². The van der Waals surface area contributed by atoms with E-state index in [0.717, 1.165) is 5.56 Å². The van der Waals surface area contributed by atoms with Crippen molar-refractivity contribution in [3.63, 3.8) is 0 Å². The number of rotatable bonds is 2. The molecule has 0 fully saturated rings. The van der Waals surface area contributed by atoms with Crippen LogP contribution >= 0.6 is 0 Å². The number of nitrogens with zero attached hydrogens (tertiary/aromatic N) is 1. The largest absolute Gasteiger partial charge is 0.457 e. The first kappa shape index (κ1) is 11.2. The summed E-state index contributed by atoms with van der Waals surface area (Å²) in [5.74, 6) is 0.505. The smallest absolute Gasteiger partial charge is 0.131 e. The summed E-state index contributed by atoms with van der Waals surface area (Å²) in [5, 5.41) is 8.73. The summed E-state index contributed by atoms with van der Waals surface area (Å²) in [4.78, 5) is 0. The molecular formula is C14H10FNO. The maximum absolute atomic E-state index is 13.2. The van der Waals surface area contributed by atoms with Gasteiger partial charge in [-0.3, -0.25) is 0 Å². The fraction of sp³-hybridized carbons (Fsp3) is 0.0714. The highest BCUT2D eigenvalue weighted by Crippen LogP contribution is 2.25. The lowest BCUT2D eigenvalue weighted by Gasteiger charge is -2.08. The molecule has 17 heavy (non-hydrogen) atoms. The van der Waals surface area contributed by atoms with Crippen LogP contribution in [0.3, 0.4) is 0 Å². The normalized spacial score (nSPS) is 9.71. The highest BCUT2D eigenvalue weighted by atomic mass is 19.1. The Labute approximate surface area is 98.9 Å². The molecule has 0 N–H and O–H groups in total. The fourth-order valence-corrected chi connectivity index (χ4v) is 1.48. The van der Waals surface area contributed by atoms with Gasteiger partial charge in [0.1, 0.15) is 17.3 Å². The van der Waals surface area contributed by atoms with Gasteiger partial charge in [0.05, 0.1) is 11.6 Å². The Morgan fingerprint density at radius 2 is 1.94 bits per heavy atom. The monoisotopic (exact) mass is 227 g/mol. The lowest BCUT2D eigenvalue weighted by molar-refractivity contribution is 0.473. The molecule has 0 saturated heterocycles. The van der Waals surface area contributed by atoms with Crippen LogP contribution < -0.4 is 4.74 Å². The topological polar surface area (TPSA) is 33.0 Å². The van der Waals surface area contributed by atoms with Gasteiger partial charge in [-0.05, 0) is 30.7 Å². The highest BCUT2D eigenvalue weighted by molar-refractivity contribution is 5.41. The lowest BCUT2D eigenvalue weighted by Crippen LogP contribution is -1.89. The predicted molar refractivity (Wildman–Crippen MR) is 62.4 cm³/mol. The van der Waals surface area contributed by atoms with E-state index in [1.807, 2.05) is 31.2 Å². The van der Waals surface area contributed by atoms with Gasteiger partial charge in [-0.1, -0.05) is 18.2 Å². The van der Waals surface area contributed by atoms with Crippen LogP contribution in [0.2, 0.25) is 0 Å². The Kier molecular flexibility index (Phi) is 3.06. The van der Waals surface area contributed by atoms with E-state index in [1.54, 1.807) is 6.07 Å². The molecular weight excluding hydrogens is 217 g/mol. The third kappa shape index (κ3) is 2.61. The van der Waals surface area contributed by atoms with E-state index in [1.165, 1.54) is 18.2 Å². The third-order valence-corrected chi connectivity index (χ3v) is 2.32. The molecule has 2 aromatic carbocycles. The molecule has 0 bridgehead atoms. The van der Waals surface area contributed by atoms with Crippen LogP contribution in [0.1, 0.15) is 11.1 Å². The van der Waals surface area contributed by atoms with E-state index in [9.17, 15) is 4.39 Å². The minimum atomic E-state index is -0.479. The summed E-state index contributed by atoms with van der Waals surface area (Å²) in [6, 6.07) is 13.3. The first-order chi connectivity index (χ1) is 8.19. The van der Waals surface area contributed by atoms with Crippen molar-refractivity contribution in [2.75, 3.05) is 0 Å². The number of benzene rings is 2. The first-order valence-corrected chi connectivity index (χ1v) is 5.13. The zero-order chi connectivity index (χ0) is 12.3. The van der Waals surface area contributed by atoms with Crippen molar-refractivity contribution in [3.05, 3.63) is 59.4 Å². The van der Waals surface area contributed by atoms with Gasteiger partial charge < -0.3 is 4.74 Å². The molecule has 0 amide bonds. The minimum Gasteiger partial charge on any atom is -0.457 e. The molecule has 0 aromatic heterocycles. The number of hydrogen-bond donors (Lipinski definition) is 0. The van der Waals surface area contributed by atoms with Crippen molar-refractivity contribution in [2.24, 2.45) is 0 Å². The highest BCUT2D eigenvalue weighted by Gasteiger charge is 2.04. The van der Waals surface area contributed by atoms with Crippen molar-refractivity contribution in [1.29, 1.82) is 5.26 Å². The zero-order valence-electron chi connectivity index (χ0n) is 9.27. The molecule has 0 heterocycles. The Balaban J connectivity index is 2.34. The molecule has 0 aliphatic carbocycles. The van der Waals surface area contributed by atoms with E-state index < -0.39 is 5.82 Å². The molecule has 0 unspecified atom stereocenters. The molecule has 0 atom stereocenters. The predicted octanol–water partition coefficient (Wildman–Crippen LogP) is 3.80. The third-order valence-electron chi connectivity index (χ3n) is 2.32. The van der Waals surface area contributed by atoms with Gasteiger partial charge in [-0.25, -0.2) is 4.39 Å². The molecule has 0 saturated carbocycles. The summed E-state index contributed by atoms with van der Waals surface area (Å²) in [7, 11) is 0. The van der Waals surface area contributed by atoms with Crippen molar-refractivity contribution >= 4 is 0 Å². The Bertz CT molecular complexity index is 587. The SMILES string of the molecule is Cc1ccccc1Oc1cc(F)cc(C#N)c1. The lowest BCUT2D eigenvalue weighted by atomic mass is 10.2. The number of nitriles is 1. The average molecular weight is 227 g/mol. The quantitative estimate of drug-likeness (QED) is 0.781. The Morgan fingerprint density at radius 3 is 2.65 bits per heavy atom. The number of aryl methyl sites for hydroxylation is 1. The van der Waals surface area contributed by atoms with Crippen LogP contribution in [-0.2, 0) is 0 Å². The van der Waals surface area contributed by atoms with Crippen LogP contribution in [0.4, 0.5) is 4.39 Å². The van der Waals surface area contributed by atoms with Crippen molar-refractivity contribution in [3.8, 4) is 17.6 Å². The van der Waals surface area contributed by atoms with Gasteiger partial charge in [0.25, 0.3) is 0 Å². The Hall–Kier alpha value is -2.34. The second-order valence-corrected chi connectivity index (χ2v) is 3.65. The molecule has 0 radical (unpaired) electrons. The number of hydrogen-bond acceptors (Lipinski definition) is 2. The van der Waals surface area contributed by atoms with Crippen LogP contribution in [-0.4, -0.2) is 0 Å². The molecule has 2 rings (SSSR count). The van der Waals surface area contributed by atoms with Crippen LogP contribution in [0.15, 0.2) is 42.5 Å². The number of halogens is 1. The van der Waals surface area contributed by atoms with E-state index in [0.29, 0.717) is 11.5 Å². The molecule has 3 heteroatoms. The first-order valence-electron chi connectivity index (χ1n) is 5.13. The van der Waals surface area contributed by atoms with Gasteiger partial charge in [0.15, 0.2) is 0 Å². The number of para-hydroxylation sites is 1.